The molecule has 0 saturated carbocycles. The van der Waals surface area contributed by atoms with Gasteiger partial charge in [0.2, 0.25) is 4.96 Å². The molecule has 0 aliphatic carbocycles. The van der Waals surface area contributed by atoms with E-state index in [0.717, 1.165) is 21.4 Å². The highest BCUT2D eigenvalue weighted by Crippen LogP contribution is 2.33. The molecule has 3 aromatic rings. The predicted molar refractivity (Wildman–Crippen MR) is 67.0 cm³/mol. The van der Waals surface area contributed by atoms with Crippen molar-refractivity contribution in [2.24, 2.45) is 0 Å². The molecular formula is C11H10N4O2S. The molecule has 0 aliphatic rings. The molecule has 0 amide bonds. The molecule has 0 aliphatic heterocycles. The normalized spacial score (nSPS) is 11.0. The Morgan fingerprint density at radius 3 is 2.89 bits per heavy atom. The second-order valence-electron chi connectivity index (χ2n) is 3.74. The number of benzene rings is 1. The Bertz CT molecular complexity index is 719. The van der Waals surface area contributed by atoms with E-state index in [1.807, 2.05) is 6.92 Å². The zero-order valence-corrected chi connectivity index (χ0v) is 10.6. The minimum atomic E-state index is 0.112. The number of aromatic hydroxyl groups is 1. The summed E-state index contributed by atoms with van der Waals surface area (Å²) in [5.41, 5.74) is 0.875. The maximum Gasteiger partial charge on any atom is 0.234 e. The van der Waals surface area contributed by atoms with Crippen molar-refractivity contribution in [1.82, 2.24) is 19.8 Å². The summed E-state index contributed by atoms with van der Waals surface area (Å²) in [5.74, 6) is 1.29. The Morgan fingerprint density at radius 1 is 1.33 bits per heavy atom. The van der Waals surface area contributed by atoms with Gasteiger partial charge in [-0.05, 0) is 25.1 Å². The van der Waals surface area contributed by atoms with Gasteiger partial charge >= 0.3 is 0 Å². The van der Waals surface area contributed by atoms with E-state index in [2.05, 4.69) is 15.3 Å². The molecule has 0 spiro atoms. The van der Waals surface area contributed by atoms with E-state index in [9.17, 15) is 5.11 Å². The number of hydrogen-bond acceptors (Lipinski definition) is 6. The summed E-state index contributed by atoms with van der Waals surface area (Å²) in [7, 11) is 1.52. The molecule has 7 heteroatoms. The molecule has 18 heavy (non-hydrogen) atoms. The zero-order valence-electron chi connectivity index (χ0n) is 9.78. The number of ether oxygens (including phenoxy) is 1. The van der Waals surface area contributed by atoms with E-state index >= 15 is 0 Å². The molecule has 0 unspecified atom stereocenters. The van der Waals surface area contributed by atoms with E-state index in [4.69, 9.17) is 4.74 Å². The summed E-state index contributed by atoms with van der Waals surface area (Å²) < 4.78 is 6.77. The highest BCUT2D eigenvalue weighted by molar-refractivity contribution is 7.19. The topological polar surface area (TPSA) is 72.5 Å². The van der Waals surface area contributed by atoms with Crippen molar-refractivity contribution in [3.05, 3.63) is 24.0 Å². The van der Waals surface area contributed by atoms with Crippen LogP contribution in [0.15, 0.2) is 18.2 Å². The Morgan fingerprint density at radius 2 is 2.17 bits per heavy atom. The van der Waals surface area contributed by atoms with E-state index in [-0.39, 0.29) is 5.75 Å². The van der Waals surface area contributed by atoms with Gasteiger partial charge in [-0.1, -0.05) is 11.3 Å². The lowest BCUT2D eigenvalue weighted by molar-refractivity contribution is 0.373. The lowest BCUT2D eigenvalue weighted by Gasteiger charge is -2.03. The van der Waals surface area contributed by atoms with Crippen molar-refractivity contribution >= 4 is 16.3 Å². The van der Waals surface area contributed by atoms with E-state index < -0.39 is 0 Å². The summed E-state index contributed by atoms with van der Waals surface area (Å²) in [6.07, 6.45) is 0. The number of fused-ring (bicyclic) bond motifs is 1. The van der Waals surface area contributed by atoms with Gasteiger partial charge < -0.3 is 9.84 Å². The van der Waals surface area contributed by atoms with Gasteiger partial charge in [0.15, 0.2) is 17.3 Å². The smallest absolute Gasteiger partial charge is 0.234 e. The van der Waals surface area contributed by atoms with Gasteiger partial charge in [0.05, 0.1) is 7.11 Å². The first-order valence-corrected chi connectivity index (χ1v) is 6.07. The van der Waals surface area contributed by atoms with Crippen LogP contribution < -0.4 is 4.74 Å². The molecule has 2 heterocycles. The van der Waals surface area contributed by atoms with Gasteiger partial charge in [0.1, 0.15) is 5.01 Å². The van der Waals surface area contributed by atoms with E-state index in [0.29, 0.717) is 5.75 Å². The summed E-state index contributed by atoms with van der Waals surface area (Å²) in [4.78, 5) is 0.745. The standard InChI is InChI=1S/C11H10N4O2S/c1-6-12-13-11-15(6)14-10(18-11)7-3-4-8(16)9(5-7)17-2/h3-5,16H,1-2H3. The second kappa shape index (κ2) is 3.95. The minimum absolute atomic E-state index is 0.112. The van der Waals surface area contributed by atoms with Gasteiger partial charge in [0.25, 0.3) is 0 Å². The van der Waals surface area contributed by atoms with Gasteiger partial charge in [-0.2, -0.15) is 9.61 Å². The lowest BCUT2D eigenvalue weighted by atomic mass is 10.2. The average molecular weight is 262 g/mol. The average Bonchev–Trinajstić information content (AvgIpc) is 2.93. The van der Waals surface area contributed by atoms with Crippen LogP contribution in [0.2, 0.25) is 0 Å². The van der Waals surface area contributed by atoms with Gasteiger partial charge in [-0.3, -0.25) is 0 Å². The molecule has 0 radical (unpaired) electrons. The summed E-state index contributed by atoms with van der Waals surface area (Å²) in [5, 5.41) is 22.7. The third kappa shape index (κ3) is 1.60. The highest BCUT2D eigenvalue weighted by atomic mass is 32.1. The third-order valence-corrected chi connectivity index (χ3v) is 3.52. The lowest BCUT2D eigenvalue weighted by Crippen LogP contribution is -1.89. The van der Waals surface area contributed by atoms with Crippen LogP contribution in [0.3, 0.4) is 0 Å². The van der Waals surface area contributed by atoms with Crippen LogP contribution >= 0.6 is 11.3 Å². The van der Waals surface area contributed by atoms with Crippen LogP contribution in [0, 0.1) is 6.92 Å². The SMILES string of the molecule is COc1cc(-c2nn3c(C)nnc3s2)ccc1O. The molecule has 1 N–H and O–H groups in total. The highest BCUT2D eigenvalue weighted by Gasteiger charge is 2.12. The third-order valence-electron chi connectivity index (χ3n) is 2.57. The molecule has 0 saturated heterocycles. The second-order valence-corrected chi connectivity index (χ2v) is 4.69. The van der Waals surface area contributed by atoms with Crippen LogP contribution in [0.1, 0.15) is 5.82 Å². The van der Waals surface area contributed by atoms with E-state index in [1.165, 1.54) is 18.4 Å². The molecular weight excluding hydrogens is 252 g/mol. The van der Waals surface area contributed by atoms with Crippen LogP contribution in [-0.4, -0.2) is 32.0 Å². The number of rotatable bonds is 2. The van der Waals surface area contributed by atoms with Crippen LogP contribution in [0.25, 0.3) is 15.5 Å². The maximum atomic E-state index is 9.56. The fourth-order valence-electron chi connectivity index (χ4n) is 1.64. The first kappa shape index (κ1) is 11.0. The van der Waals surface area contributed by atoms with Gasteiger partial charge in [-0.15, -0.1) is 10.2 Å². The first-order chi connectivity index (χ1) is 8.69. The Hall–Kier alpha value is -2.15. The number of aryl methyl sites for hydroxylation is 1. The van der Waals surface area contributed by atoms with Crippen LogP contribution in [0.4, 0.5) is 0 Å². The molecule has 1 aromatic carbocycles. The molecule has 6 nitrogen and oxygen atoms in total. The quantitative estimate of drug-likeness (QED) is 0.763. The minimum Gasteiger partial charge on any atom is -0.504 e. The number of phenols is 1. The fourth-order valence-corrected chi connectivity index (χ4v) is 2.52. The fraction of sp³-hybridized carbons (Fsp3) is 0.182. The largest absolute Gasteiger partial charge is 0.504 e. The maximum absolute atomic E-state index is 9.56. The van der Waals surface area contributed by atoms with Crippen molar-refractivity contribution < 1.29 is 9.84 Å². The Balaban J connectivity index is 2.13. The number of hydrogen-bond donors (Lipinski definition) is 1. The van der Waals surface area contributed by atoms with Crippen LogP contribution in [0.5, 0.6) is 11.5 Å². The molecule has 92 valence electrons. The molecule has 0 atom stereocenters. The zero-order chi connectivity index (χ0) is 12.7. The van der Waals surface area contributed by atoms with Crippen molar-refractivity contribution in [3.8, 4) is 22.1 Å². The molecule has 3 rings (SSSR count). The van der Waals surface area contributed by atoms with Crippen molar-refractivity contribution in [2.75, 3.05) is 7.11 Å². The monoisotopic (exact) mass is 262 g/mol. The van der Waals surface area contributed by atoms with Crippen molar-refractivity contribution in [2.45, 2.75) is 6.92 Å². The predicted octanol–water partition coefficient (Wildman–Crippen LogP) is 1.88. The first-order valence-electron chi connectivity index (χ1n) is 5.25. The van der Waals surface area contributed by atoms with Gasteiger partial charge in [-0.25, -0.2) is 0 Å². The number of nitrogens with zero attached hydrogens (tertiary/aromatic N) is 4. The Labute approximate surface area is 106 Å². The Kier molecular flexibility index (Phi) is 2.41. The summed E-state index contributed by atoms with van der Waals surface area (Å²) in [6, 6.07) is 5.12. The number of phenolic OH excluding ortho intramolecular Hbond substituents is 1. The van der Waals surface area contributed by atoms with Crippen molar-refractivity contribution in [3.63, 3.8) is 0 Å². The number of aromatic nitrogens is 4. The summed E-state index contributed by atoms with van der Waals surface area (Å²) in [6.45, 7) is 1.85. The van der Waals surface area contributed by atoms with Crippen LogP contribution in [-0.2, 0) is 0 Å². The summed E-state index contributed by atoms with van der Waals surface area (Å²) >= 11 is 1.44. The van der Waals surface area contributed by atoms with E-state index in [1.54, 1.807) is 22.7 Å². The molecule has 0 fully saturated rings. The molecule has 2 aromatic heterocycles. The number of methoxy groups -OCH3 is 1. The van der Waals surface area contributed by atoms with Gasteiger partial charge in [0, 0.05) is 5.56 Å². The van der Waals surface area contributed by atoms with Crippen molar-refractivity contribution in [1.29, 1.82) is 0 Å². The molecule has 0 bridgehead atoms.